The molecule has 0 saturated heterocycles. The first-order valence-electron chi connectivity index (χ1n) is 6.18. The van der Waals surface area contributed by atoms with Crippen LogP contribution < -0.4 is 5.73 Å². The monoisotopic (exact) mass is 241 g/mol. The first-order valence-corrected chi connectivity index (χ1v) is 6.18. The van der Waals surface area contributed by atoms with Crippen molar-refractivity contribution in [3.05, 3.63) is 0 Å². The number of aliphatic carboxylic acids is 1. The molecule has 0 aromatic rings. The van der Waals surface area contributed by atoms with Crippen molar-refractivity contribution < 1.29 is 19.4 Å². The first kappa shape index (κ1) is 12.4. The zero-order chi connectivity index (χ0) is 12.6. The van der Waals surface area contributed by atoms with E-state index >= 15 is 0 Å². The molecule has 17 heavy (non-hydrogen) atoms. The SMILES string of the molecule is CCOC(=O)C1CC12CCC[C@H]2C(N)C(=O)O. The van der Waals surface area contributed by atoms with Crippen LogP contribution in [-0.4, -0.2) is 29.7 Å². The Bertz CT molecular complexity index is 343. The number of hydrogen-bond donors (Lipinski definition) is 2. The molecule has 0 aromatic carbocycles. The van der Waals surface area contributed by atoms with Crippen LogP contribution in [0.1, 0.15) is 32.6 Å². The number of nitrogens with two attached hydrogens (primary N) is 1. The second kappa shape index (κ2) is 4.29. The van der Waals surface area contributed by atoms with E-state index in [0.29, 0.717) is 6.61 Å². The summed E-state index contributed by atoms with van der Waals surface area (Å²) in [6.07, 6.45) is 3.42. The van der Waals surface area contributed by atoms with E-state index in [-0.39, 0.29) is 23.2 Å². The van der Waals surface area contributed by atoms with E-state index in [2.05, 4.69) is 0 Å². The Labute approximate surface area is 100 Å². The number of carboxylic acid groups (broad SMARTS) is 1. The van der Waals surface area contributed by atoms with Crippen LogP contribution in [0.3, 0.4) is 0 Å². The second-order valence-electron chi connectivity index (χ2n) is 5.10. The quantitative estimate of drug-likeness (QED) is 0.709. The highest BCUT2D eigenvalue weighted by atomic mass is 16.5. The van der Waals surface area contributed by atoms with Crippen LogP contribution in [0.15, 0.2) is 0 Å². The van der Waals surface area contributed by atoms with Gasteiger partial charge in [-0.05, 0) is 37.5 Å². The highest BCUT2D eigenvalue weighted by molar-refractivity contribution is 5.79. The lowest BCUT2D eigenvalue weighted by Crippen LogP contribution is -2.41. The Morgan fingerprint density at radius 2 is 2.29 bits per heavy atom. The predicted molar refractivity (Wildman–Crippen MR) is 60.1 cm³/mol. The molecule has 4 atom stereocenters. The van der Waals surface area contributed by atoms with Gasteiger partial charge in [0.15, 0.2) is 0 Å². The van der Waals surface area contributed by atoms with E-state index in [9.17, 15) is 9.59 Å². The number of carbonyl (C=O) groups is 2. The Kier molecular flexibility index (Phi) is 3.12. The minimum atomic E-state index is -0.967. The van der Waals surface area contributed by atoms with E-state index in [0.717, 1.165) is 25.7 Å². The summed E-state index contributed by atoms with van der Waals surface area (Å²) in [5.41, 5.74) is 5.55. The van der Waals surface area contributed by atoms with Gasteiger partial charge in [0.1, 0.15) is 6.04 Å². The summed E-state index contributed by atoms with van der Waals surface area (Å²) < 4.78 is 5.01. The summed E-state index contributed by atoms with van der Waals surface area (Å²) in [6, 6.07) is -0.850. The van der Waals surface area contributed by atoms with E-state index < -0.39 is 12.0 Å². The summed E-state index contributed by atoms with van der Waals surface area (Å²) in [5, 5.41) is 8.99. The Hall–Kier alpha value is -1.10. The van der Waals surface area contributed by atoms with Crippen LogP contribution in [0.4, 0.5) is 0 Å². The average molecular weight is 241 g/mol. The van der Waals surface area contributed by atoms with Gasteiger partial charge in [-0.1, -0.05) is 6.42 Å². The van der Waals surface area contributed by atoms with Crippen molar-refractivity contribution in [2.24, 2.45) is 23.0 Å². The summed E-state index contributed by atoms with van der Waals surface area (Å²) in [4.78, 5) is 22.7. The van der Waals surface area contributed by atoms with Gasteiger partial charge < -0.3 is 15.6 Å². The molecule has 1 spiro atoms. The summed E-state index contributed by atoms with van der Waals surface area (Å²) in [5.74, 6) is -1.35. The van der Waals surface area contributed by atoms with Crippen molar-refractivity contribution in [1.82, 2.24) is 0 Å². The maximum atomic E-state index is 11.7. The molecule has 0 aromatic heterocycles. The molecule has 3 unspecified atom stereocenters. The third-order valence-electron chi connectivity index (χ3n) is 4.30. The van der Waals surface area contributed by atoms with E-state index in [1.54, 1.807) is 6.92 Å². The molecular formula is C12H19NO4. The molecule has 2 rings (SSSR count). The number of carbonyl (C=O) groups excluding carboxylic acids is 1. The highest BCUT2D eigenvalue weighted by Gasteiger charge is 2.66. The molecule has 2 aliphatic rings. The maximum Gasteiger partial charge on any atom is 0.320 e. The summed E-state index contributed by atoms with van der Waals surface area (Å²) in [6.45, 7) is 2.16. The summed E-state index contributed by atoms with van der Waals surface area (Å²) in [7, 11) is 0. The molecule has 5 nitrogen and oxygen atoms in total. The van der Waals surface area contributed by atoms with Crippen LogP contribution >= 0.6 is 0 Å². The van der Waals surface area contributed by atoms with E-state index in [4.69, 9.17) is 15.6 Å². The zero-order valence-electron chi connectivity index (χ0n) is 10.0. The van der Waals surface area contributed by atoms with Gasteiger partial charge in [-0.2, -0.15) is 0 Å². The van der Waals surface area contributed by atoms with Crippen molar-refractivity contribution >= 4 is 11.9 Å². The molecule has 3 N–H and O–H groups in total. The van der Waals surface area contributed by atoms with Gasteiger partial charge in [-0.15, -0.1) is 0 Å². The first-order chi connectivity index (χ1) is 8.03. The molecule has 0 aliphatic heterocycles. The standard InChI is InChI=1S/C12H19NO4/c1-2-17-11(16)8-6-12(8)5-3-4-7(12)9(13)10(14)15/h7-9H,2-6,13H2,1H3,(H,14,15)/t7-,8?,9?,12?/m0/s1. The molecule has 2 fully saturated rings. The molecule has 2 saturated carbocycles. The fourth-order valence-electron chi connectivity index (χ4n) is 3.40. The van der Waals surface area contributed by atoms with E-state index in [1.807, 2.05) is 0 Å². The van der Waals surface area contributed by atoms with Gasteiger partial charge in [0, 0.05) is 0 Å². The minimum Gasteiger partial charge on any atom is -0.480 e. The Balaban J connectivity index is 2.06. The lowest BCUT2D eigenvalue weighted by molar-refractivity contribution is -0.147. The van der Waals surface area contributed by atoms with Crippen LogP contribution in [0, 0.1) is 17.3 Å². The van der Waals surface area contributed by atoms with Crippen molar-refractivity contribution in [2.75, 3.05) is 6.61 Å². The topological polar surface area (TPSA) is 89.6 Å². The number of ether oxygens (including phenoxy) is 1. The molecule has 2 aliphatic carbocycles. The second-order valence-corrected chi connectivity index (χ2v) is 5.10. The van der Waals surface area contributed by atoms with Gasteiger partial charge in [0.25, 0.3) is 0 Å². The molecular weight excluding hydrogens is 222 g/mol. The molecule has 0 radical (unpaired) electrons. The predicted octanol–water partition coefficient (Wildman–Crippen LogP) is 0.768. The van der Waals surface area contributed by atoms with Gasteiger partial charge in [0.2, 0.25) is 0 Å². The van der Waals surface area contributed by atoms with Gasteiger partial charge in [-0.3, -0.25) is 9.59 Å². The highest BCUT2D eigenvalue weighted by Crippen LogP contribution is 2.66. The largest absolute Gasteiger partial charge is 0.480 e. The van der Waals surface area contributed by atoms with Gasteiger partial charge >= 0.3 is 11.9 Å². The van der Waals surface area contributed by atoms with Crippen molar-refractivity contribution in [3.63, 3.8) is 0 Å². The summed E-state index contributed by atoms with van der Waals surface area (Å²) >= 11 is 0. The normalized spacial score (nSPS) is 36.8. The Morgan fingerprint density at radius 3 is 2.88 bits per heavy atom. The van der Waals surface area contributed by atoms with Crippen molar-refractivity contribution in [2.45, 2.75) is 38.6 Å². The maximum absolute atomic E-state index is 11.7. The number of esters is 1. The Morgan fingerprint density at radius 1 is 1.59 bits per heavy atom. The van der Waals surface area contributed by atoms with Gasteiger partial charge in [-0.25, -0.2) is 0 Å². The number of rotatable bonds is 4. The smallest absolute Gasteiger partial charge is 0.320 e. The van der Waals surface area contributed by atoms with Crippen molar-refractivity contribution in [1.29, 1.82) is 0 Å². The average Bonchev–Trinajstić information content (AvgIpc) is 2.82. The molecule has 5 heteroatoms. The third-order valence-corrected chi connectivity index (χ3v) is 4.30. The lowest BCUT2D eigenvalue weighted by Gasteiger charge is -2.23. The van der Waals surface area contributed by atoms with E-state index in [1.165, 1.54) is 0 Å². The molecule has 96 valence electrons. The van der Waals surface area contributed by atoms with Crippen molar-refractivity contribution in [3.8, 4) is 0 Å². The minimum absolute atomic E-state index is 0.0746. The molecule has 0 amide bonds. The van der Waals surface area contributed by atoms with Crippen LogP contribution in [0.2, 0.25) is 0 Å². The van der Waals surface area contributed by atoms with Gasteiger partial charge in [0.05, 0.1) is 12.5 Å². The van der Waals surface area contributed by atoms with Crippen LogP contribution in [-0.2, 0) is 14.3 Å². The molecule has 0 heterocycles. The van der Waals surface area contributed by atoms with Crippen LogP contribution in [0.25, 0.3) is 0 Å². The zero-order valence-corrected chi connectivity index (χ0v) is 10.0. The fourth-order valence-corrected chi connectivity index (χ4v) is 3.40. The third kappa shape index (κ3) is 1.92. The van der Waals surface area contributed by atoms with Crippen LogP contribution in [0.5, 0.6) is 0 Å². The fraction of sp³-hybridized carbons (Fsp3) is 0.833. The molecule has 0 bridgehead atoms. The lowest BCUT2D eigenvalue weighted by atomic mass is 9.84. The number of carboxylic acids is 1. The number of hydrogen-bond acceptors (Lipinski definition) is 4.